The summed E-state index contributed by atoms with van der Waals surface area (Å²) in [6, 6.07) is 7.20. The number of anilines is 2. The fraction of sp³-hybridized carbons (Fsp3) is 0.267. The van der Waals surface area contributed by atoms with Crippen molar-refractivity contribution in [3.05, 3.63) is 47.9 Å². The molecule has 0 atom stereocenters. The van der Waals surface area contributed by atoms with Crippen LogP contribution in [0.15, 0.2) is 41.2 Å². The summed E-state index contributed by atoms with van der Waals surface area (Å²) in [5.74, 6) is -0.0665. The van der Waals surface area contributed by atoms with E-state index in [0.717, 1.165) is 11.3 Å². The van der Waals surface area contributed by atoms with Gasteiger partial charge in [-0.3, -0.25) is 4.79 Å². The van der Waals surface area contributed by atoms with Gasteiger partial charge in [0.2, 0.25) is 0 Å². The number of nitrogen functional groups attached to an aromatic ring is 1. The number of carbonyl (C=O) groups is 1. The second kappa shape index (κ2) is 5.69. The Morgan fingerprint density at radius 2 is 2.00 bits per heavy atom. The highest BCUT2D eigenvalue weighted by molar-refractivity contribution is 5.96. The second-order valence-electron chi connectivity index (χ2n) is 4.96. The molecule has 1 amide bonds. The van der Waals surface area contributed by atoms with E-state index < -0.39 is 0 Å². The van der Waals surface area contributed by atoms with Crippen LogP contribution in [0.5, 0.6) is 0 Å². The molecule has 0 saturated heterocycles. The van der Waals surface area contributed by atoms with Crippen LogP contribution in [-0.2, 0) is 6.54 Å². The van der Waals surface area contributed by atoms with Gasteiger partial charge in [-0.25, -0.2) is 0 Å². The van der Waals surface area contributed by atoms with Crippen molar-refractivity contribution in [1.82, 2.24) is 4.90 Å². The predicted octanol–water partition coefficient (Wildman–Crippen LogP) is 2.20. The number of amides is 1. The average Bonchev–Trinajstić information content (AvgIpc) is 2.90. The van der Waals surface area contributed by atoms with Gasteiger partial charge in [0, 0.05) is 38.8 Å². The third kappa shape index (κ3) is 2.93. The number of benzene rings is 1. The van der Waals surface area contributed by atoms with Crippen LogP contribution in [0.4, 0.5) is 11.4 Å². The van der Waals surface area contributed by atoms with E-state index in [1.165, 1.54) is 0 Å². The van der Waals surface area contributed by atoms with Gasteiger partial charge in [0.1, 0.15) is 0 Å². The summed E-state index contributed by atoms with van der Waals surface area (Å²) in [6.07, 6.45) is 3.23. The monoisotopic (exact) mass is 273 g/mol. The zero-order valence-corrected chi connectivity index (χ0v) is 12.0. The van der Waals surface area contributed by atoms with Crippen LogP contribution in [0, 0.1) is 0 Å². The minimum atomic E-state index is -0.0665. The smallest absolute Gasteiger partial charge is 0.253 e. The molecule has 0 fully saturated rings. The molecule has 2 N–H and O–H groups in total. The molecule has 1 aromatic heterocycles. The maximum atomic E-state index is 12.3. The average molecular weight is 273 g/mol. The summed E-state index contributed by atoms with van der Waals surface area (Å²) < 4.78 is 5.00. The third-order valence-corrected chi connectivity index (χ3v) is 3.10. The molecule has 0 bridgehead atoms. The lowest BCUT2D eigenvalue weighted by Gasteiger charge is -2.19. The van der Waals surface area contributed by atoms with Gasteiger partial charge in [-0.2, -0.15) is 0 Å². The number of nitrogens with zero attached hydrogens (tertiary/aromatic N) is 2. The molecule has 106 valence electrons. The molecule has 0 spiro atoms. The van der Waals surface area contributed by atoms with Gasteiger partial charge in [-0.15, -0.1) is 0 Å². The van der Waals surface area contributed by atoms with Crippen LogP contribution < -0.4 is 10.6 Å². The zero-order chi connectivity index (χ0) is 14.7. The first kappa shape index (κ1) is 14.0. The third-order valence-electron chi connectivity index (χ3n) is 3.10. The summed E-state index contributed by atoms with van der Waals surface area (Å²) in [7, 11) is 5.59. The van der Waals surface area contributed by atoms with E-state index in [4.69, 9.17) is 10.2 Å². The molecule has 0 aliphatic heterocycles. The second-order valence-corrected chi connectivity index (χ2v) is 4.96. The van der Waals surface area contributed by atoms with Crippen molar-refractivity contribution in [3.63, 3.8) is 0 Å². The Labute approximate surface area is 118 Å². The van der Waals surface area contributed by atoms with E-state index >= 15 is 0 Å². The summed E-state index contributed by atoms with van der Waals surface area (Å²) >= 11 is 0. The Balaban J connectivity index is 2.14. The summed E-state index contributed by atoms with van der Waals surface area (Å²) in [4.78, 5) is 15.9. The Bertz CT molecular complexity index is 591. The topological polar surface area (TPSA) is 62.7 Å². The number of carbonyl (C=O) groups excluding carboxylic acids is 1. The molecule has 0 aliphatic rings. The zero-order valence-electron chi connectivity index (χ0n) is 12.0. The summed E-state index contributed by atoms with van der Waals surface area (Å²) in [5.41, 5.74) is 9.01. The lowest BCUT2D eigenvalue weighted by atomic mass is 10.1. The van der Waals surface area contributed by atoms with E-state index in [1.807, 2.05) is 31.1 Å². The molecule has 1 heterocycles. The molecule has 0 aliphatic carbocycles. The number of furan rings is 1. The lowest BCUT2D eigenvalue weighted by molar-refractivity contribution is 0.0785. The van der Waals surface area contributed by atoms with E-state index in [9.17, 15) is 4.79 Å². The predicted molar refractivity (Wildman–Crippen MR) is 79.7 cm³/mol. The molecular formula is C15H19N3O2. The Hall–Kier alpha value is -2.43. The lowest BCUT2D eigenvalue weighted by Crippen LogP contribution is -2.26. The van der Waals surface area contributed by atoms with Crippen LogP contribution >= 0.6 is 0 Å². The molecule has 5 heteroatoms. The van der Waals surface area contributed by atoms with Gasteiger partial charge < -0.3 is 20.0 Å². The van der Waals surface area contributed by atoms with E-state index in [2.05, 4.69) is 0 Å². The normalized spacial score (nSPS) is 10.3. The van der Waals surface area contributed by atoms with Crippen LogP contribution in [0.2, 0.25) is 0 Å². The first-order chi connectivity index (χ1) is 9.49. The van der Waals surface area contributed by atoms with Gasteiger partial charge in [0.25, 0.3) is 5.91 Å². The van der Waals surface area contributed by atoms with Crippen LogP contribution in [0.3, 0.4) is 0 Å². The van der Waals surface area contributed by atoms with Crippen LogP contribution in [0.1, 0.15) is 15.9 Å². The molecule has 20 heavy (non-hydrogen) atoms. The number of rotatable bonds is 4. The van der Waals surface area contributed by atoms with E-state index in [0.29, 0.717) is 17.8 Å². The fourth-order valence-corrected chi connectivity index (χ4v) is 2.04. The molecule has 2 rings (SSSR count). The fourth-order valence-electron chi connectivity index (χ4n) is 2.04. The van der Waals surface area contributed by atoms with Crippen molar-refractivity contribution < 1.29 is 9.21 Å². The minimum absolute atomic E-state index is 0.0665. The number of hydrogen-bond donors (Lipinski definition) is 1. The largest absolute Gasteiger partial charge is 0.472 e. The molecular weight excluding hydrogens is 254 g/mol. The maximum Gasteiger partial charge on any atom is 0.253 e. The van der Waals surface area contributed by atoms with E-state index in [-0.39, 0.29) is 5.91 Å². The number of nitrogens with two attached hydrogens (primary N) is 1. The highest BCUT2D eigenvalue weighted by Crippen LogP contribution is 2.23. The van der Waals surface area contributed by atoms with Crippen molar-refractivity contribution in [3.8, 4) is 0 Å². The van der Waals surface area contributed by atoms with E-state index in [1.54, 1.807) is 36.6 Å². The maximum absolute atomic E-state index is 12.3. The van der Waals surface area contributed by atoms with Gasteiger partial charge in [0.05, 0.1) is 23.9 Å². The first-order valence-corrected chi connectivity index (χ1v) is 6.32. The SMILES string of the molecule is CN(Cc1ccoc1)C(=O)c1ccc(N(C)C)c(N)c1. The molecule has 0 unspecified atom stereocenters. The van der Waals surface area contributed by atoms with Crippen molar-refractivity contribution in [2.24, 2.45) is 0 Å². The quantitative estimate of drug-likeness (QED) is 0.867. The number of hydrogen-bond acceptors (Lipinski definition) is 4. The van der Waals surface area contributed by atoms with Crippen molar-refractivity contribution in [1.29, 1.82) is 0 Å². The van der Waals surface area contributed by atoms with Crippen molar-refractivity contribution in [2.45, 2.75) is 6.54 Å². The Morgan fingerprint density at radius 3 is 2.55 bits per heavy atom. The summed E-state index contributed by atoms with van der Waals surface area (Å²) in [5, 5.41) is 0. The first-order valence-electron chi connectivity index (χ1n) is 6.32. The van der Waals surface area contributed by atoms with Crippen LogP contribution in [0.25, 0.3) is 0 Å². The van der Waals surface area contributed by atoms with Gasteiger partial charge >= 0.3 is 0 Å². The highest BCUT2D eigenvalue weighted by Gasteiger charge is 2.14. The Kier molecular flexibility index (Phi) is 3.98. The highest BCUT2D eigenvalue weighted by atomic mass is 16.3. The van der Waals surface area contributed by atoms with Gasteiger partial charge in [-0.05, 0) is 24.3 Å². The minimum Gasteiger partial charge on any atom is -0.472 e. The molecule has 0 radical (unpaired) electrons. The van der Waals surface area contributed by atoms with Gasteiger partial charge in [0.15, 0.2) is 0 Å². The molecule has 1 aromatic carbocycles. The molecule has 2 aromatic rings. The standard InChI is InChI=1S/C15H19N3O2/c1-17(2)14-5-4-12(8-13(14)16)15(19)18(3)9-11-6-7-20-10-11/h4-8,10H,9,16H2,1-3H3. The van der Waals surface area contributed by atoms with Crippen molar-refractivity contribution >= 4 is 17.3 Å². The molecule has 5 nitrogen and oxygen atoms in total. The van der Waals surface area contributed by atoms with Crippen molar-refractivity contribution in [2.75, 3.05) is 31.8 Å². The Morgan fingerprint density at radius 1 is 1.25 bits per heavy atom. The van der Waals surface area contributed by atoms with Gasteiger partial charge in [-0.1, -0.05) is 0 Å². The summed E-state index contributed by atoms with van der Waals surface area (Å²) in [6.45, 7) is 0.505. The van der Waals surface area contributed by atoms with Crippen LogP contribution in [-0.4, -0.2) is 32.0 Å². The molecule has 0 saturated carbocycles.